The van der Waals surface area contributed by atoms with E-state index < -0.39 is 0 Å². The van der Waals surface area contributed by atoms with Crippen LogP contribution in [-0.2, 0) is 0 Å². The van der Waals surface area contributed by atoms with Gasteiger partial charge in [0.2, 0.25) is 0 Å². The Morgan fingerprint density at radius 2 is 2.14 bits per heavy atom. The van der Waals surface area contributed by atoms with Crippen LogP contribution in [0.4, 0.5) is 17.1 Å². The van der Waals surface area contributed by atoms with Crippen LogP contribution in [0.15, 0.2) is 18.2 Å². The van der Waals surface area contributed by atoms with Gasteiger partial charge in [-0.2, -0.15) is 0 Å². The number of rotatable bonds is 2. The van der Waals surface area contributed by atoms with E-state index in [1.54, 1.807) is 12.1 Å². The van der Waals surface area contributed by atoms with Gasteiger partial charge in [-0.1, -0.05) is 12.8 Å². The van der Waals surface area contributed by atoms with Gasteiger partial charge in [-0.15, -0.1) is 0 Å². The summed E-state index contributed by atoms with van der Waals surface area (Å²) < 4.78 is 0. The van der Waals surface area contributed by atoms with E-state index in [1.807, 2.05) is 0 Å². The Labute approximate surface area is 124 Å². The van der Waals surface area contributed by atoms with Crippen LogP contribution in [-0.4, -0.2) is 23.6 Å². The maximum atomic E-state index is 11.3. The van der Waals surface area contributed by atoms with Crippen molar-refractivity contribution >= 4 is 17.1 Å². The van der Waals surface area contributed by atoms with Crippen molar-refractivity contribution in [3.8, 4) is 0 Å². The molecule has 2 aliphatic rings. The molecule has 0 bridgehead atoms. The van der Waals surface area contributed by atoms with Gasteiger partial charge in [-0.3, -0.25) is 10.1 Å². The highest BCUT2D eigenvalue weighted by molar-refractivity contribution is 5.68. The van der Waals surface area contributed by atoms with Gasteiger partial charge in [0.15, 0.2) is 0 Å². The summed E-state index contributed by atoms with van der Waals surface area (Å²) in [7, 11) is 0. The Kier molecular flexibility index (Phi) is 3.49. The minimum Gasteiger partial charge on any atom is -0.399 e. The number of nitro benzene ring substituents is 1. The molecule has 6 nitrogen and oxygen atoms in total. The fraction of sp³-hybridized carbons (Fsp3) is 0.600. The molecule has 1 saturated heterocycles. The maximum absolute atomic E-state index is 11.3. The fourth-order valence-corrected chi connectivity index (χ4v) is 3.88. The molecule has 0 spiro atoms. The Bertz CT molecular complexity index is 563. The molecule has 6 heteroatoms. The first-order valence-electron chi connectivity index (χ1n) is 7.57. The van der Waals surface area contributed by atoms with E-state index in [1.165, 1.54) is 18.9 Å². The summed E-state index contributed by atoms with van der Waals surface area (Å²) in [5.74, 6) is 0.551. The minimum atomic E-state index is -0.359. The summed E-state index contributed by atoms with van der Waals surface area (Å²) in [4.78, 5) is 13.0. The lowest BCUT2D eigenvalue weighted by Crippen LogP contribution is -2.61. The van der Waals surface area contributed by atoms with E-state index in [0.29, 0.717) is 23.8 Å². The van der Waals surface area contributed by atoms with Crippen LogP contribution in [0.3, 0.4) is 0 Å². The number of nitrogens with two attached hydrogens (primary N) is 2. The van der Waals surface area contributed by atoms with Crippen molar-refractivity contribution in [3.05, 3.63) is 28.3 Å². The van der Waals surface area contributed by atoms with Gasteiger partial charge in [0.1, 0.15) is 5.69 Å². The lowest BCUT2D eigenvalue weighted by atomic mass is 9.69. The number of benzene rings is 1. The van der Waals surface area contributed by atoms with Crippen molar-refractivity contribution in [3.63, 3.8) is 0 Å². The molecule has 1 aromatic rings. The van der Waals surface area contributed by atoms with Crippen LogP contribution >= 0.6 is 0 Å². The summed E-state index contributed by atoms with van der Waals surface area (Å²) >= 11 is 0. The highest BCUT2D eigenvalue weighted by Gasteiger charge is 2.42. The predicted molar refractivity (Wildman–Crippen MR) is 83.2 cm³/mol. The van der Waals surface area contributed by atoms with E-state index in [2.05, 4.69) is 4.90 Å². The quantitative estimate of drug-likeness (QED) is 0.494. The molecule has 0 radical (unpaired) electrons. The van der Waals surface area contributed by atoms with Crippen molar-refractivity contribution in [2.75, 3.05) is 23.7 Å². The SMILES string of the molecule is Nc1ccc(N2CC[C@H]3CCCC[C@]3(N)C2)c([N+](=O)[O-])c1. The largest absolute Gasteiger partial charge is 0.399 e. The standard InChI is InChI=1S/C15H22N4O2/c16-12-4-5-13(14(9-12)19(20)21)18-8-6-11-3-1-2-7-15(11,17)10-18/h4-5,9,11H,1-3,6-8,10,16-17H2/t11-,15+/m1/s1. The number of hydrogen-bond acceptors (Lipinski definition) is 5. The first-order valence-corrected chi connectivity index (χ1v) is 7.57. The molecule has 1 aliphatic carbocycles. The van der Waals surface area contributed by atoms with Crippen LogP contribution in [0.25, 0.3) is 0 Å². The molecule has 4 N–H and O–H groups in total. The normalized spacial score (nSPS) is 29.0. The number of anilines is 2. The molecule has 1 saturated carbocycles. The first-order chi connectivity index (χ1) is 9.99. The summed E-state index contributed by atoms with van der Waals surface area (Å²) in [6.07, 6.45) is 5.62. The molecule has 2 fully saturated rings. The summed E-state index contributed by atoms with van der Waals surface area (Å²) in [5.41, 5.74) is 13.2. The van der Waals surface area contributed by atoms with Crippen LogP contribution < -0.4 is 16.4 Å². The Balaban J connectivity index is 1.90. The number of hydrogen-bond donors (Lipinski definition) is 2. The molecule has 2 atom stereocenters. The van der Waals surface area contributed by atoms with E-state index >= 15 is 0 Å². The van der Waals surface area contributed by atoms with Gasteiger partial charge in [0.25, 0.3) is 5.69 Å². The molecule has 0 amide bonds. The molecule has 0 unspecified atom stereocenters. The molecule has 3 rings (SSSR count). The lowest BCUT2D eigenvalue weighted by molar-refractivity contribution is -0.384. The fourth-order valence-electron chi connectivity index (χ4n) is 3.88. The topological polar surface area (TPSA) is 98.4 Å². The van der Waals surface area contributed by atoms with Crippen LogP contribution in [0.2, 0.25) is 0 Å². The third-order valence-electron chi connectivity index (χ3n) is 5.03. The Morgan fingerprint density at radius 1 is 1.33 bits per heavy atom. The Morgan fingerprint density at radius 3 is 2.90 bits per heavy atom. The van der Waals surface area contributed by atoms with Crippen molar-refractivity contribution in [2.45, 2.75) is 37.6 Å². The van der Waals surface area contributed by atoms with E-state index in [-0.39, 0.29) is 16.1 Å². The third kappa shape index (κ3) is 2.55. The molecule has 1 aromatic carbocycles. The number of piperidine rings is 1. The van der Waals surface area contributed by atoms with Crippen molar-refractivity contribution in [2.24, 2.45) is 11.7 Å². The zero-order valence-electron chi connectivity index (χ0n) is 12.1. The second-order valence-electron chi connectivity index (χ2n) is 6.39. The van der Waals surface area contributed by atoms with Crippen molar-refractivity contribution in [1.29, 1.82) is 0 Å². The summed E-state index contributed by atoms with van der Waals surface area (Å²) in [6, 6.07) is 4.91. The lowest BCUT2D eigenvalue weighted by Gasteiger charge is -2.49. The van der Waals surface area contributed by atoms with Crippen LogP contribution in [0.1, 0.15) is 32.1 Å². The Hall–Kier alpha value is -1.82. The molecule has 0 aromatic heterocycles. The molecule has 21 heavy (non-hydrogen) atoms. The number of nitrogens with zero attached hydrogens (tertiary/aromatic N) is 2. The van der Waals surface area contributed by atoms with Crippen LogP contribution in [0, 0.1) is 16.0 Å². The minimum absolute atomic E-state index is 0.0767. The summed E-state index contributed by atoms with van der Waals surface area (Å²) in [5, 5.41) is 11.3. The van der Waals surface area contributed by atoms with Crippen molar-refractivity contribution in [1.82, 2.24) is 0 Å². The molecule has 114 valence electrons. The van der Waals surface area contributed by atoms with E-state index in [0.717, 1.165) is 25.8 Å². The molecule has 1 heterocycles. The van der Waals surface area contributed by atoms with E-state index in [4.69, 9.17) is 11.5 Å². The number of nitro groups is 1. The molecule has 1 aliphatic heterocycles. The zero-order valence-corrected chi connectivity index (χ0v) is 12.1. The van der Waals surface area contributed by atoms with Gasteiger partial charge in [0.05, 0.1) is 4.92 Å². The number of fused-ring (bicyclic) bond motifs is 1. The van der Waals surface area contributed by atoms with E-state index in [9.17, 15) is 10.1 Å². The van der Waals surface area contributed by atoms with Crippen molar-refractivity contribution < 1.29 is 4.92 Å². The monoisotopic (exact) mass is 290 g/mol. The second-order valence-corrected chi connectivity index (χ2v) is 6.39. The smallest absolute Gasteiger partial charge is 0.294 e. The zero-order chi connectivity index (χ0) is 15.0. The first kappa shape index (κ1) is 14.1. The van der Waals surface area contributed by atoms with Gasteiger partial charge < -0.3 is 16.4 Å². The molecular weight excluding hydrogens is 268 g/mol. The van der Waals surface area contributed by atoms with Crippen LogP contribution in [0.5, 0.6) is 0 Å². The second kappa shape index (κ2) is 5.18. The van der Waals surface area contributed by atoms with Gasteiger partial charge in [-0.05, 0) is 37.3 Å². The average Bonchev–Trinajstić information content (AvgIpc) is 2.45. The van der Waals surface area contributed by atoms with Gasteiger partial charge >= 0.3 is 0 Å². The highest BCUT2D eigenvalue weighted by Crippen LogP contribution is 2.41. The highest BCUT2D eigenvalue weighted by atomic mass is 16.6. The van der Waals surface area contributed by atoms with Gasteiger partial charge in [-0.25, -0.2) is 0 Å². The average molecular weight is 290 g/mol. The number of nitrogen functional groups attached to an aromatic ring is 1. The third-order valence-corrected chi connectivity index (χ3v) is 5.03. The maximum Gasteiger partial charge on any atom is 0.294 e. The summed E-state index contributed by atoms with van der Waals surface area (Å²) in [6.45, 7) is 1.52. The van der Waals surface area contributed by atoms with Gasteiger partial charge in [0, 0.05) is 30.4 Å². The molecular formula is C15H22N4O2. The predicted octanol–water partition coefficient (Wildman–Crippen LogP) is 2.27.